The number of nitrogens with zero attached hydrogens (tertiary/aromatic N) is 1. The number of hydrogen-bond acceptors (Lipinski definition) is 3. The zero-order chi connectivity index (χ0) is 19.1. The molecule has 1 saturated heterocycles. The number of nitrogens with one attached hydrogen (secondary N) is 2. The lowest BCUT2D eigenvalue weighted by Gasteiger charge is -2.20. The first kappa shape index (κ1) is 19.1. The Labute approximate surface area is 160 Å². The fraction of sp³-hybridized carbons (Fsp3) is 0.364. The van der Waals surface area contributed by atoms with Crippen LogP contribution in [0.5, 0.6) is 0 Å². The van der Waals surface area contributed by atoms with Gasteiger partial charge in [-0.15, -0.1) is 0 Å². The monoisotopic (exact) mass is 365 g/mol. The fourth-order valence-electron chi connectivity index (χ4n) is 3.59. The van der Waals surface area contributed by atoms with Crippen molar-refractivity contribution in [1.29, 1.82) is 0 Å². The molecule has 0 radical (unpaired) electrons. The number of hydrogen-bond donors (Lipinski definition) is 2. The molecule has 5 heteroatoms. The normalized spacial score (nSPS) is 18.0. The molecule has 2 atom stereocenters. The Bertz CT molecular complexity index is 749. The van der Waals surface area contributed by atoms with Gasteiger partial charge in [0, 0.05) is 32.6 Å². The van der Waals surface area contributed by atoms with E-state index in [9.17, 15) is 9.59 Å². The van der Waals surface area contributed by atoms with E-state index in [0.29, 0.717) is 0 Å². The quantitative estimate of drug-likeness (QED) is 0.793. The van der Waals surface area contributed by atoms with Gasteiger partial charge >= 0.3 is 0 Å². The third kappa shape index (κ3) is 5.93. The number of carbonyl (C=O) groups is 2. The van der Waals surface area contributed by atoms with Crippen molar-refractivity contribution < 1.29 is 9.59 Å². The van der Waals surface area contributed by atoms with E-state index < -0.39 is 0 Å². The van der Waals surface area contributed by atoms with Crippen LogP contribution in [0.15, 0.2) is 60.7 Å². The molecule has 1 aliphatic rings. The van der Waals surface area contributed by atoms with Gasteiger partial charge in [0.2, 0.25) is 11.8 Å². The Morgan fingerprint density at radius 1 is 1.07 bits per heavy atom. The van der Waals surface area contributed by atoms with Crippen LogP contribution in [0.3, 0.4) is 0 Å². The highest BCUT2D eigenvalue weighted by Gasteiger charge is 2.25. The molecule has 1 heterocycles. The zero-order valence-electron chi connectivity index (χ0n) is 15.7. The van der Waals surface area contributed by atoms with Gasteiger partial charge in [-0.3, -0.25) is 14.5 Å². The highest BCUT2D eigenvalue weighted by molar-refractivity contribution is 5.79. The topological polar surface area (TPSA) is 61.4 Å². The van der Waals surface area contributed by atoms with Crippen LogP contribution >= 0.6 is 0 Å². The van der Waals surface area contributed by atoms with E-state index in [2.05, 4.69) is 39.8 Å². The van der Waals surface area contributed by atoms with Crippen molar-refractivity contribution in [3.8, 4) is 0 Å². The number of carbonyl (C=O) groups excluding carboxylic acids is 2. The van der Waals surface area contributed by atoms with Crippen LogP contribution in [0.25, 0.3) is 0 Å². The summed E-state index contributed by atoms with van der Waals surface area (Å²) >= 11 is 0. The van der Waals surface area contributed by atoms with Gasteiger partial charge < -0.3 is 10.6 Å². The molecule has 0 aromatic heterocycles. The van der Waals surface area contributed by atoms with Crippen molar-refractivity contribution in [3.05, 3.63) is 71.8 Å². The van der Waals surface area contributed by atoms with E-state index >= 15 is 0 Å². The van der Waals surface area contributed by atoms with E-state index in [1.54, 1.807) is 0 Å². The van der Waals surface area contributed by atoms with E-state index in [1.165, 1.54) is 12.5 Å². The maximum Gasteiger partial charge on any atom is 0.222 e. The van der Waals surface area contributed by atoms with E-state index in [1.807, 2.05) is 36.4 Å². The van der Waals surface area contributed by atoms with Crippen molar-refractivity contribution in [3.63, 3.8) is 0 Å². The molecule has 0 bridgehead atoms. The van der Waals surface area contributed by atoms with Gasteiger partial charge in [-0.2, -0.15) is 0 Å². The summed E-state index contributed by atoms with van der Waals surface area (Å²) in [5.41, 5.74) is 2.24. The third-order valence-electron chi connectivity index (χ3n) is 4.86. The zero-order valence-corrected chi connectivity index (χ0v) is 15.7. The van der Waals surface area contributed by atoms with Crippen LogP contribution < -0.4 is 10.6 Å². The van der Waals surface area contributed by atoms with Gasteiger partial charge in [0.15, 0.2) is 0 Å². The van der Waals surface area contributed by atoms with E-state index in [4.69, 9.17) is 0 Å². The maximum absolute atomic E-state index is 12.5. The highest BCUT2D eigenvalue weighted by atomic mass is 16.2. The molecule has 2 aromatic carbocycles. The lowest BCUT2D eigenvalue weighted by atomic mass is 10.0. The Morgan fingerprint density at radius 3 is 2.41 bits per heavy atom. The second kappa shape index (κ2) is 9.33. The van der Waals surface area contributed by atoms with Gasteiger partial charge in [-0.05, 0) is 17.5 Å². The third-order valence-corrected chi connectivity index (χ3v) is 4.86. The number of rotatable bonds is 7. The lowest BCUT2D eigenvalue weighted by molar-refractivity contribution is -0.123. The van der Waals surface area contributed by atoms with Crippen LogP contribution in [-0.2, 0) is 16.1 Å². The van der Waals surface area contributed by atoms with Crippen molar-refractivity contribution in [1.82, 2.24) is 15.5 Å². The minimum absolute atomic E-state index is 0.0239. The molecule has 27 heavy (non-hydrogen) atoms. The average Bonchev–Trinajstić information content (AvgIpc) is 3.09. The molecule has 2 N–H and O–H groups in total. The minimum atomic E-state index is -0.300. The van der Waals surface area contributed by atoms with Crippen LogP contribution in [0.4, 0.5) is 0 Å². The van der Waals surface area contributed by atoms with Gasteiger partial charge in [0.05, 0.1) is 12.5 Å². The second-order valence-electron chi connectivity index (χ2n) is 7.14. The summed E-state index contributed by atoms with van der Waals surface area (Å²) in [6.45, 7) is 4.22. The van der Waals surface area contributed by atoms with E-state index in [-0.39, 0.29) is 30.3 Å². The molecule has 2 unspecified atom stereocenters. The highest BCUT2D eigenvalue weighted by Crippen LogP contribution is 2.18. The predicted molar refractivity (Wildman–Crippen MR) is 106 cm³/mol. The number of amides is 2. The molecule has 142 valence electrons. The van der Waals surface area contributed by atoms with E-state index in [0.717, 1.165) is 31.6 Å². The molecule has 1 aliphatic heterocycles. The molecule has 2 aromatic rings. The van der Waals surface area contributed by atoms with Crippen molar-refractivity contribution >= 4 is 11.8 Å². The molecule has 1 fully saturated rings. The summed E-state index contributed by atoms with van der Waals surface area (Å²) < 4.78 is 0. The van der Waals surface area contributed by atoms with Gasteiger partial charge in [0.25, 0.3) is 0 Å². The summed E-state index contributed by atoms with van der Waals surface area (Å²) in [6.07, 6.45) is 1.20. The number of benzene rings is 2. The predicted octanol–water partition coefficient (Wildman–Crippen LogP) is 2.64. The molecular formula is C22H27N3O2. The van der Waals surface area contributed by atoms with Crippen molar-refractivity contribution in [2.24, 2.45) is 0 Å². The molecule has 2 amide bonds. The molecule has 0 spiro atoms. The molecule has 0 aliphatic carbocycles. The van der Waals surface area contributed by atoms with Crippen LogP contribution in [0.2, 0.25) is 0 Å². The Balaban J connectivity index is 1.51. The van der Waals surface area contributed by atoms with Crippen molar-refractivity contribution in [2.75, 3.05) is 13.1 Å². The summed E-state index contributed by atoms with van der Waals surface area (Å²) in [5, 5.41) is 6.02. The Hall–Kier alpha value is -2.66. The van der Waals surface area contributed by atoms with Crippen LogP contribution in [-0.4, -0.2) is 35.8 Å². The molecular weight excluding hydrogens is 338 g/mol. The maximum atomic E-state index is 12.5. The summed E-state index contributed by atoms with van der Waals surface area (Å²) in [5.74, 6) is -0.157. The molecule has 5 nitrogen and oxygen atoms in total. The van der Waals surface area contributed by atoms with Crippen LogP contribution in [0, 0.1) is 0 Å². The summed E-state index contributed by atoms with van der Waals surface area (Å²) in [6, 6.07) is 19.9. The Morgan fingerprint density at radius 2 is 1.74 bits per heavy atom. The first-order valence-corrected chi connectivity index (χ1v) is 9.48. The largest absolute Gasteiger partial charge is 0.352 e. The Kier molecular flexibility index (Phi) is 6.60. The van der Waals surface area contributed by atoms with Gasteiger partial charge in [-0.1, -0.05) is 60.7 Å². The fourth-order valence-corrected chi connectivity index (χ4v) is 3.59. The SMILES string of the molecule is CC(=O)NC(CC(=O)NC1CCN(Cc2ccccc2)C1)c1ccccc1. The first-order valence-electron chi connectivity index (χ1n) is 9.48. The average molecular weight is 365 g/mol. The number of likely N-dealkylation sites (tertiary alicyclic amines) is 1. The van der Waals surface area contributed by atoms with Crippen LogP contribution in [0.1, 0.15) is 36.9 Å². The van der Waals surface area contributed by atoms with Gasteiger partial charge in [-0.25, -0.2) is 0 Å². The minimum Gasteiger partial charge on any atom is -0.352 e. The standard InChI is InChI=1S/C22H27N3O2/c1-17(26)23-21(19-10-6-3-7-11-19)14-22(27)24-20-12-13-25(16-20)15-18-8-4-2-5-9-18/h2-11,20-21H,12-16H2,1H3,(H,23,26)(H,24,27). The van der Waals surface area contributed by atoms with Crippen molar-refractivity contribution in [2.45, 2.75) is 38.4 Å². The summed E-state index contributed by atoms with van der Waals surface area (Å²) in [4.78, 5) is 26.4. The lowest BCUT2D eigenvalue weighted by Crippen LogP contribution is -2.39. The van der Waals surface area contributed by atoms with Gasteiger partial charge in [0.1, 0.15) is 0 Å². The first-order chi connectivity index (χ1) is 13.1. The molecule has 0 saturated carbocycles. The smallest absolute Gasteiger partial charge is 0.222 e. The summed E-state index contributed by atoms with van der Waals surface area (Å²) in [7, 11) is 0. The second-order valence-corrected chi connectivity index (χ2v) is 7.14. The molecule has 3 rings (SSSR count).